The average molecular weight is 385 g/mol. The van der Waals surface area contributed by atoms with Crippen molar-refractivity contribution in [3.63, 3.8) is 0 Å². The summed E-state index contributed by atoms with van der Waals surface area (Å²) in [4.78, 5) is 20.6. The summed E-state index contributed by atoms with van der Waals surface area (Å²) in [5.41, 5.74) is 1.36. The van der Waals surface area contributed by atoms with Gasteiger partial charge < -0.3 is 4.74 Å². The second-order valence-electron chi connectivity index (χ2n) is 6.05. The van der Waals surface area contributed by atoms with Gasteiger partial charge in [0.15, 0.2) is 0 Å². The van der Waals surface area contributed by atoms with Gasteiger partial charge in [-0.05, 0) is 17.7 Å². The number of hydrogen-bond acceptors (Lipinski definition) is 6. The molecule has 1 aliphatic heterocycles. The Labute approximate surface area is 148 Å². The molecule has 0 atom stereocenters. The van der Waals surface area contributed by atoms with E-state index in [1.807, 2.05) is 4.90 Å². The Bertz CT molecular complexity index is 958. The predicted molar refractivity (Wildman–Crippen MR) is 88.9 cm³/mol. The fraction of sp³-hybridized carbons (Fsp3) is 0.375. The first-order chi connectivity index (χ1) is 12.2. The van der Waals surface area contributed by atoms with Crippen molar-refractivity contribution in [3.05, 3.63) is 51.4 Å². The molecule has 140 valence electrons. The number of aromatic nitrogens is 2. The van der Waals surface area contributed by atoms with E-state index in [-0.39, 0.29) is 10.9 Å². The molecule has 1 N–H and O–H groups in total. The van der Waals surface area contributed by atoms with Gasteiger partial charge in [0, 0.05) is 32.3 Å². The van der Waals surface area contributed by atoms with Crippen molar-refractivity contribution in [2.24, 2.45) is 0 Å². The van der Waals surface area contributed by atoms with E-state index >= 15 is 0 Å². The van der Waals surface area contributed by atoms with Gasteiger partial charge in [-0.1, -0.05) is 12.1 Å². The number of alkyl halides is 2. The van der Waals surface area contributed by atoms with Gasteiger partial charge in [0.2, 0.25) is 15.0 Å². The topological polar surface area (TPSA) is 92.4 Å². The second kappa shape index (κ2) is 7.12. The molecule has 2 aromatic rings. The number of hydrogen-bond donors (Lipinski definition) is 1. The molecule has 1 aromatic heterocycles. The number of halogens is 2. The van der Waals surface area contributed by atoms with E-state index in [0.29, 0.717) is 37.3 Å². The van der Waals surface area contributed by atoms with Crippen LogP contribution in [0.5, 0.6) is 5.75 Å². The lowest BCUT2D eigenvalue weighted by Crippen LogP contribution is -2.36. The van der Waals surface area contributed by atoms with E-state index in [4.69, 9.17) is 0 Å². The van der Waals surface area contributed by atoms with Gasteiger partial charge >= 0.3 is 6.61 Å². The number of nitrogens with one attached hydrogen (secondary N) is 1. The molecular weight excluding hydrogens is 368 g/mol. The van der Waals surface area contributed by atoms with Gasteiger partial charge in [0.1, 0.15) is 5.75 Å². The molecule has 1 aliphatic rings. The third kappa shape index (κ3) is 4.25. The van der Waals surface area contributed by atoms with Crippen molar-refractivity contribution in [1.29, 1.82) is 0 Å². The Kier molecular flexibility index (Phi) is 5.05. The highest BCUT2D eigenvalue weighted by Crippen LogP contribution is 2.19. The van der Waals surface area contributed by atoms with Crippen molar-refractivity contribution in [2.75, 3.05) is 12.8 Å². The molecular formula is C16H17F2N3O4S. The lowest BCUT2D eigenvalue weighted by atomic mass is 10.1. The van der Waals surface area contributed by atoms with E-state index in [9.17, 15) is 22.0 Å². The number of rotatable bonds is 5. The highest BCUT2D eigenvalue weighted by molar-refractivity contribution is 7.90. The molecule has 7 nitrogen and oxygen atoms in total. The summed E-state index contributed by atoms with van der Waals surface area (Å²) in [5.74, 6) is 0.0849. The molecule has 0 fully saturated rings. The van der Waals surface area contributed by atoms with Crippen LogP contribution in [0.4, 0.5) is 8.78 Å². The minimum absolute atomic E-state index is 0.0849. The monoisotopic (exact) mass is 385 g/mol. The summed E-state index contributed by atoms with van der Waals surface area (Å²) in [7, 11) is -3.58. The summed E-state index contributed by atoms with van der Waals surface area (Å²) in [6.07, 6.45) is 1.45. The van der Waals surface area contributed by atoms with Crippen LogP contribution >= 0.6 is 0 Å². The van der Waals surface area contributed by atoms with Crippen molar-refractivity contribution in [2.45, 2.75) is 31.3 Å². The van der Waals surface area contributed by atoms with Gasteiger partial charge in [-0.25, -0.2) is 13.4 Å². The van der Waals surface area contributed by atoms with Crippen LogP contribution in [0.15, 0.2) is 34.2 Å². The summed E-state index contributed by atoms with van der Waals surface area (Å²) in [6.45, 7) is -1.42. The lowest BCUT2D eigenvalue weighted by Gasteiger charge is -2.27. The van der Waals surface area contributed by atoms with E-state index in [0.717, 1.165) is 11.8 Å². The quantitative estimate of drug-likeness (QED) is 0.781. The number of ether oxygens (including phenoxy) is 1. The molecule has 26 heavy (non-hydrogen) atoms. The van der Waals surface area contributed by atoms with Crippen LogP contribution in [-0.4, -0.2) is 42.7 Å². The second-order valence-corrected chi connectivity index (χ2v) is 7.98. The molecule has 3 rings (SSSR count). The van der Waals surface area contributed by atoms with Crippen molar-refractivity contribution < 1.29 is 21.9 Å². The summed E-state index contributed by atoms with van der Waals surface area (Å²) in [5, 5.41) is -0.315. The Hall–Kier alpha value is -2.33. The van der Waals surface area contributed by atoms with Crippen LogP contribution in [0, 0.1) is 0 Å². The minimum atomic E-state index is -3.58. The van der Waals surface area contributed by atoms with Gasteiger partial charge in [-0.15, -0.1) is 0 Å². The van der Waals surface area contributed by atoms with E-state index < -0.39 is 22.0 Å². The maximum absolute atomic E-state index is 12.2. The lowest BCUT2D eigenvalue weighted by molar-refractivity contribution is -0.0498. The van der Waals surface area contributed by atoms with E-state index in [1.165, 1.54) is 12.1 Å². The van der Waals surface area contributed by atoms with Crippen LogP contribution in [0.25, 0.3) is 0 Å². The van der Waals surface area contributed by atoms with Gasteiger partial charge in [-0.2, -0.15) is 8.78 Å². The number of nitrogens with zero attached hydrogens (tertiary/aromatic N) is 2. The van der Waals surface area contributed by atoms with Gasteiger partial charge in [0.25, 0.3) is 5.56 Å². The van der Waals surface area contributed by atoms with Crippen LogP contribution < -0.4 is 10.3 Å². The first-order valence-electron chi connectivity index (χ1n) is 7.80. The highest BCUT2D eigenvalue weighted by Gasteiger charge is 2.23. The molecule has 0 spiro atoms. The first kappa shape index (κ1) is 18.5. The zero-order valence-electron chi connectivity index (χ0n) is 13.9. The molecule has 0 aliphatic carbocycles. The number of aromatic amines is 1. The van der Waals surface area contributed by atoms with Gasteiger partial charge in [0.05, 0.1) is 11.3 Å². The van der Waals surface area contributed by atoms with Crippen LogP contribution in [-0.2, 0) is 29.3 Å². The zero-order valence-corrected chi connectivity index (χ0v) is 14.7. The number of H-pyrrole nitrogens is 1. The molecule has 2 heterocycles. The maximum Gasteiger partial charge on any atom is 0.387 e. The molecule has 0 radical (unpaired) electrons. The Morgan fingerprint density at radius 3 is 2.62 bits per heavy atom. The molecule has 0 unspecified atom stereocenters. The number of fused-ring (bicyclic) bond motifs is 1. The predicted octanol–water partition coefficient (Wildman–Crippen LogP) is 1.33. The third-order valence-corrected chi connectivity index (χ3v) is 4.93. The van der Waals surface area contributed by atoms with Gasteiger partial charge in [-0.3, -0.25) is 14.7 Å². The highest BCUT2D eigenvalue weighted by atomic mass is 32.2. The molecule has 0 bridgehead atoms. The van der Waals surface area contributed by atoms with Crippen LogP contribution in [0.3, 0.4) is 0 Å². The number of sulfone groups is 1. The standard InChI is InChI=1S/C16H17F2N3O4S/c1-26(23,24)16-19-13-6-7-21(9-12(13)14(22)20-16)8-10-2-4-11(5-3-10)25-15(17)18/h2-5,15H,6-9H2,1H3,(H,19,20,22). The van der Waals surface area contributed by atoms with E-state index in [1.54, 1.807) is 12.1 Å². The fourth-order valence-corrected chi connectivity index (χ4v) is 3.36. The number of benzene rings is 1. The summed E-state index contributed by atoms with van der Waals surface area (Å²) < 4.78 is 51.8. The smallest absolute Gasteiger partial charge is 0.387 e. The summed E-state index contributed by atoms with van der Waals surface area (Å²) >= 11 is 0. The molecule has 10 heteroatoms. The van der Waals surface area contributed by atoms with E-state index in [2.05, 4.69) is 14.7 Å². The van der Waals surface area contributed by atoms with Crippen molar-refractivity contribution in [1.82, 2.24) is 14.9 Å². The molecule has 0 saturated carbocycles. The Morgan fingerprint density at radius 1 is 1.31 bits per heavy atom. The van der Waals surface area contributed by atoms with Crippen molar-refractivity contribution in [3.8, 4) is 5.75 Å². The Balaban J connectivity index is 1.74. The Morgan fingerprint density at radius 2 is 2.00 bits per heavy atom. The fourth-order valence-electron chi connectivity index (χ4n) is 2.80. The maximum atomic E-state index is 12.2. The molecule has 1 aromatic carbocycles. The largest absolute Gasteiger partial charge is 0.435 e. The average Bonchev–Trinajstić information content (AvgIpc) is 2.56. The molecule has 0 saturated heterocycles. The molecule has 0 amide bonds. The minimum Gasteiger partial charge on any atom is -0.435 e. The zero-order chi connectivity index (χ0) is 18.9. The first-order valence-corrected chi connectivity index (χ1v) is 9.70. The normalized spacial score (nSPS) is 15.1. The van der Waals surface area contributed by atoms with Crippen LogP contribution in [0.1, 0.15) is 16.8 Å². The van der Waals surface area contributed by atoms with Crippen molar-refractivity contribution >= 4 is 9.84 Å². The third-order valence-electron chi connectivity index (χ3n) is 4.03. The summed E-state index contributed by atoms with van der Waals surface area (Å²) in [6, 6.07) is 6.29. The SMILES string of the molecule is CS(=O)(=O)c1nc2c(c(=O)[nH]1)CN(Cc1ccc(OC(F)F)cc1)CC2. The van der Waals surface area contributed by atoms with Crippen LogP contribution in [0.2, 0.25) is 0 Å².